The predicted octanol–water partition coefficient (Wildman–Crippen LogP) is 4.15. The molecule has 0 aliphatic heterocycles. The lowest BCUT2D eigenvalue weighted by molar-refractivity contribution is -0.160. The summed E-state index contributed by atoms with van der Waals surface area (Å²) in [6, 6.07) is 0. The van der Waals surface area contributed by atoms with Crippen molar-refractivity contribution in [2.24, 2.45) is 28.9 Å². The minimum atomic E-state index is -0.422. The zero-order valence-electron chi connectivity index (χ0n) is 14.9. The average molecular weight is 297 g/mol. The first-order chi connectivity index (χ1) is 9.53. The molecule has 2 N–H and O–H groups in total. The van der Waals surface area contributed by atoms with E-state index in [1.54, 1.807) is 0 Å². The summed E-state index contributed by atoms with van der Waals surface area (Å²) in [6.07, 6.45) is 5.89. The molecule has 1 saturated carbocycles. The van der Waals surface area contributed by atoms with E-state index in [2.05, 4.69) is 20.8 Å². The third-order valence-corrected chi connectivity index (χ3v) is 4.71. The maximum atomic E-state index is 12.2. The summed E-state index contributed by atoms with van der Waals surface area (Å²) in [4.78, 5) is 12.2. The van der Waals surface area contributed by atoms with E-state index in [1.807, 2.05) is 20.8 Å². The lowest BCUT2D eigenvalue weighted by Crippen LogP contribution is -2.34. The second kappa shape index (κ2) is 7.13. The molecular formula is C18H35NO2. The van der Waals surface area contributed by atoms with Gasteiger partial charge in [-0.3, -0.25) is 4.79 Å². The van der Waals surface area contributed by atoms with Gasteiger partial charge in [-0.2, -0.15) is 0 Å². The fourth-order valence-electron chi connectivity index (χ4n) is 3.34. The van der Waals surface area contributed by atoms with E-state index in [-0.39, 0.29) is 11.9 Å². The van der Waals surface area contributed by atoms with Crippen molar-refractivity contribution in [1.29, 1.82) is 0 Å². The van der Waals surface area contributed by atoms with Gasteiger partial charge in [-0.05, 0) is 57.3 Å². The number of hydrogen-bond acceptors (Lipinski definition) is 3. The highest BCUT2D eigenvalue weighted by atomic mass is 16.6. The van der Waals surface area contributed by atoms with Crippen molar-refractivity contribution in [1.82, 2.24) is 0 Å². The van der Waals surface area contributed by atoms with E-state index in [4.69, 9.17) is 10.5 Å². The van der Waals surface area contributed by atoms with E-state index >= 15 is 0 Å². The topological polar surface area (TPSA) is 52.3 Å². The number of rotatable bonds is 4. The van der Waals surface area contributed by atoms with Crippen LogP contribution in [-0.2, 0) is 9.53 Å². The molecule has 0 aromatic heterocycles. The molecule has 0 aromatic carbocycles. The van der Waals surface area contributed by atoms with Gasteiger partial charge >= 0.3 is 5.97 Å². The summed E-state index contributed by atoms with van der Waals surface area (Å²) in [7, 11) is 0. The standard InChI is InChI=1S/C18H35NO2/c1-17(2,3)15-9-7-13(8-10-15)11-14(12-19)16(20)21-18(4,5)6/h13-15H,7-12,19H2,1-6H3. The summed E-state index contributed by atoms with van der Waals surface area (Å²) >= 11 is 0. The van der Waals surface area contributed by atoms with Crippen LogP contribution in [0.3, 0.4) is 0 Å². The molecule has 0 aromatic rings. The zero-order chi connectivity index (χ0) is 16.3. The van der Waals surface area contributed by atoms with Gasteiger partial charge in [0.2, 0.25) is 0 Å². The van der Waals surface area contributed by atoms with Crippen LogP contribution in [0.5, 0.6) is 0 Å². The zero-order valence-corrected chi connectivity index (χ0v) is 14.9. The number of esters is 1. The van der Waals surface area contributed by atoms with Gasteiger partial charge in [-0.1, -0.05) is 33.6 Å². The van der Waals surface area contributed by atoms with Gasteiger partial charge in [0.1, 0.15) is 5.60 Å². The number of carbonyl (C=O) groups excluding carboxylic acids is 1. The number of carbonyl (C=O) groups is 1. The summed E-state index contributed by atoms with van der Waals surface area (Å²) in [5.41, 5.74) is 5.79. The molecule has 1 unspecified atom stereocenters. The van der Waals surface area contributed by atoms with Crippen molar-refractivity contribution in [2.45, 2.75) is 79.2 Å². The van der Waals surface area contributed by atoms with Crippen LogP contribution in [0, 0.1) is 23.2 Å². The van der Waals surface area contributed by atoms with Crippen molar-refractivity contribution < 1.29 is 9.53 Å². The smallest absolute Gasteiger partial charge is 0.310 e. The minimum absolute atomic E-state index is 0.122. The predicted molar refractivity (Wildman–Crippen MR) is 87.9 cm³/mol. The van der Waals surface area contributed by atoms with Crippen LogP contribution in [0.1, 0.15) is 73.6 Å². The molecule has 0 saturated heterocycles. The third kappa shape index (κ3) is 6.37. The maximum absolute atomic E-state index is 12.2. The normalized spacial score (nSPS) is 25.5. The molecule has 1 aliphatic carbocycles. The van der Waals surface area contributed by atoms with Crippen LogP contribution in [0.2, 0.25) is 0 Å². The van der Waals surface area contributed by atoms with Gasteiger partial charge in [0.15, 0.2) is 0 Å². The fraction of sp³-hybridized carbons (Fsp3) is 0.944. The van der Waals surface area contributed by atoms with Crippen molar-refractivity contribution in [3.63, 3.8) is 0 Å². The molecule has 1 atom stereocenters. The number of ether oxygens (including phenoxy) is 1. The molecule has 0 bridgehead atoms. The van der Waals surface area contributed by atoms with Crippen molar-refractivity contribution in [3.8, 4) is 0 Å². The Morgan fingerprint density at radius 2 is 1.62 bits per heavy atom. The lowest BCUT2D eigenvalue weighted by atomic mass is 9.68. The second-order valence-corrected chi connectivity index (χ2v) is 8.79. The molecule has 1 rings (SSSR count). The van der Waals surface area contributed by atoms with E-state index < -0.39 is 5.60 Å². The second-order valence-electron chi connectivity index (χ2n) is 8.79. The molecule has 3 nitrogen and oxygen atoms in total. The SMILES string of the molecule is CC(C)(C)OC(=O)C(CN)CC1CCC(C(C)(C)C)CC1. The number of hydrogen-bond donors (Lipinski definition) is 1. The molecule has 1 fully saturated rings. The first kappa shape index (κ1) is 18.5. The van der Waals surface area contributed by atoms with Gasteiger partial charge in [-0.15, -0.1) is 0 Å². The fourth-order valence-corrected chi connectivity index (χ4v) is 3.34. The Labute approximate surface area is 131 Å². The summed E-state index contributed by atoms with van der Waals surface area (Å²) in [6.45, 7) is 13.1. The monoisotopic (exact) mass is 297 g/mol. The van der Waals surface area contributed by atoms with E-state index in [9.17, 15) is 4.79 Å². The van der Waals surface area contributed by atoms with Crippen molar-refractivity contribution >= 4 is 5.97 Å². The molecule has 0 spiro atoms. The molecule has 0 amide bonds. The first-order valence-electron chi connectivity index (χ1n) is 8.46. The van der Waals surface area contributed by atoms with Crippen LogP contribution in [0.15, 0.2) is 0 Å². The Balaban J connectivity index is 2.47. The van der Waals surface area contributed by atoms with Gasteiger partial charge in [0.05, 0.1) is 5.92 Å². The van der Waals surface area contributed by atoms with Crippen LogP contribution < -0.4 is 5.73 Å². The highest BCUT2D eigenvalue weighted by Crippen LogP contribution is 2.41. The largest absolute Gasteiger partial charge is 0.460 e. The quantitative estimate of drug-likeness (QED) is 0.793. The highest BCUT2D eigenvalue weighted by Gasteiger charge is 2.32. The summed E-state index contributed by atoms with van der Waals surface area (Å²) in [5.74, 6) is 1.18. The molecule has 1 aliphatic rings. The highest BCUT2D eigenvalue weighted by molar-refractivity contribution is 5.73. The van der Waals surface area contributed by atoms with Crippen LogP contribution in [0.25, 0.3) is 0 Å². The maximum Gasteiger partial charge on any atom is 0.310 e. The molecule has 0 heterocycles. The molecular weight excluding hydrogens is 262 g/mol. The first-order valence-corrected chi connectivity index (χ1v) is 8.46. The Kier molecular flexibility index (Phi) is 6.27. The molecule has 3 heteroatoms. The van der Waals surface area contributed by atoms with E-state index in [0.29, 0.717) is 17.9 Å². The third-order valence-electron chi connectivity index (χ3n) is 4.71. The Bertz CT molecular complexity index is 330. The minimum Gasteiger partial charge on any atom is -0.460 e. The van der Waals surface area contributed by atoms with Crippen molar-refractivity contribution in [2.75, 3.05) is 6.54 Å². The van der Waals surface area contributed by atoms with Gasteiger partial charge in [0, 0.05) is 6.54 Å². The summed E-state index contributed by atoms with van der Waals surface area (Å²) in [5, 5.41) is 0. The molecule has 124 valence electrons. The number of nitrogens with two attached hydrogens (primary N) is 1. The Morgan fingerprint density at radius 3 is 2.00 bits per heavy atom. The van der Waals surface area contributed by atoms with Gasteiger partial charge in [-0.25, -0.2) is 0 Å². The van der Waals surface area contributed by atoms with Gasteiger partial charge in [0.25, 0.3) is 0 Å². The Hall–Kier alpha value is -0.570. The van der Waals surface area contributed by atoms with Gasteiger partial charge < -0.3 is 10.5 Å². The Morgan fingerprint density at radius 1 is 1.10 bits per heavy atom. The molecule has 0 radical (unpaired) electrons. The van der Waals surface area contributed by atoms with E-state index in [0.717, 1.165) is 12.3 Å². The average Bonchev–Trinajstić information content (AvgIpc) is 2.33. The lowest BCUT2D eigenvalue weighted by Gasteiger charge is -2.37. The van der Waals surface area contributed by atoms with Crippen LogP contribution in [-0.4, -0.2) is 18.1 Å². The van der Waals surface area contributed by atoms with E-state index in [1.165, 1.54) is 25.7 Å². The van der Waals surface area contributed by atoms with Crippen LogP contribution >= 0.6 is 0 Å². The summed E-state index contributed by atoms with van der Waals surface area (Å²) < 4.78 is 5.49. The van der Waals surface area contributed by atoms with Crippen molar-refractivity contribution in [3.05, 3.63) is 0 Å². The van der Waals surface area contributed by atoms with Crippen LogP contribution in [0.4, 0.5) is 0 Å². The molecule has 21 heavy (non-hydrogen) atoms.